The van der Waals surface area contributed by atoms with Gasteiger partial charge in [-0.15, -0.1) is 11.3 Å². The highest BCUT2D eigenvalue weighted by Crippen LogP contribution is 2.42. The summed E-state index contributed by atoms with van der Waals surface area (Å²) in [5.74, 6) is 0.607. The smallest absolute Gasteiger partial charge is 0.258 e. The van der Waals surface area contributed by atoms with Crippen LogP contribution in [0.2, 0.25) is 0 Å². The van der Waals surface area contributed by atoms with Gasteiger partial charge in [-0.1, -0.05) is 66.7 Å². The van der Waals surface area contributed by atoms with Gasteiger partial charge in [0.2, 0.25) is 0 Å². The van der Waals surface area contributed by atoms with E-state index < -0.39 is 0 Å². The van der Waals surface area contributed by atoms with E-state index in [1.54, 1.807) is 18.4 Å². The Morgan fingerprint density at radius 1 is 0.788 bits per heavy atom. The molecular weight excluding hydrogens is 428 g/mol. The molecule has 0 spiro atoms. The fourth-order valence-corrected chi connectivity index (χ4v) is 4.65. The van der Waals surface area contributed by atoms with Gasteiger partial charge in [-0.05, 0) is 46.8 Å². The van der Waals surface area contributed by atoms with Gasteiger partial charge in [0.15, 0.2) is 0 Å². The van der Waals surface area contributed by atoms with Crippen LogP contribution in [0.3, 0.4) is 0 Å². The van der Waals surface area contributed by atoms with Gasteiger partial charge in [0.1, 0.15) is 5.75 Å². The standard InChI is InChI=1S/C28H22N2O2S/c1-32-22-16-14-19(15-17-22)24-25(28(31)29-21-11-6-3-7-12-21)26(20-9-4-2-5-10-20)30-27(24)23-13-8-18-33-23/h2-18,30H,1H3,(H,29,31). The zero-order valence-electron chi connectivity index (χ0n) is 18.0. The number of para-hydroxylation sites is 1. The summed E-state index contributed by atoms with van der Waals surface area (Å²) in [6, 6.07) is 31.4. The highest BCUT2D eigenvalue weighted by molar-refractivity contribution is 7.13. The first-order chi connectivity index (χ1) is 16.2. The maximum Gasteiger partial charge on any atom is 0.258 e. The zero-order chi connectivity index (χ0) is 22.6. The minimum Gasteiger partial charge on any atom is -0.497 e. The molecule has 0 saturated carbocycles. The molecule has 2 aromatic heterocycles. The number of aromatic nitrogens is 1. The van der Waals surface area contributed by atoms with Crippen LogP contribution < -0.4 is 10.1 Å². The van der Waals surface area contributed by atoms with Crippen LogP contribution in [0.5, 0.6) is 5.75 Å². The predicted octanol–water partition coefficient (Wildman–Crippen LogP) is 7.34. The normalized spacial score (nSPS) is 10.7. The van der Waals surface area contributed by atoms with Gasteiger partial charge < -0.3 is 15.0 Å². The number of H-pyrrole nitrogens is 1. The van der Waals surface area contributed by atoms with Crippen molar-refractivity contribution in [1.29, 1.82) is 0 Å². The summed E-state index contributed by atoms with van der Waals surface area (Å²) < 4.78 is 5.35. The Labute approximate surface area is 196 Å². The fraction of sp³-hybridized carbons (Fsp3) is 0.0357. The van der Waals surface area contributed by atoms with E-state index in [-0.39, 0.29) is 5.91 Å². The van der Waals surface area contributed by atoms with Gasteiger partial charge in [-0.3, -0.25) is 4.79 Å². The lowest BCUT2D eigenvalue weighted by molar-refractivity contribution is 0.102. The molecule has 5 rings (SSSR count). The molecule has 4 nitrogen and oxygen atoms in total. The monoisotopic (exact) mass is 450 g/mol. The molecule has 162 valence electrons. The van der Waals surface area contributed by atoms with Crippen molar-refractivity contribution in [3.63, 3.8) is 0 Å². The van der Waals surface area contributed by atoms with Gasteiger partial charge in [0, 0.05) is 11.3 Å². The molecule has 0 saturated heterocycles. The Balaban J connectivity index is 1.75. The van der Waals surface area contributed by atoms with E-state index in [2.05, 4.69) is 16.4 Å². The summed E-state index contributed by atoms with van der Waals surface area (Å²) in [6.45, 7) is 0. The van der Waals surface area contributed by atoms with Crippen LogP contribution in [0.1, 0.15) is 10.4 Å². The average Bonchev–Trinajstić information content (AvgIpc) is 3.53. The van der Waals surface area contributed by atoms with Gasteiger partial charge in [-0.2, -0.15) is 0 Å². The first-order valence-corrected chi connectivity index (χ1v) is 11.5. The number of methoxy groups -OCH3 is 1. The van der Waals surface area contributed by atoms with Crippen molar-refractivity contribution in [2.45, 2.75) is 0 Å². The van der Waals surface area contributed by atoms with E-state index in [4.69, 9.17) is 4.74 Å². The summed E-state index contributed by atoms with van der Waals surface area (Å²) >= 11 is 1.64. The van der Waals surface area contributed by atoms with E-state index in [0.29, 0.717) is 5.56 Å². The van der Waals surface area contributed by atoms with Crippen molar-refractivity contribution < 1.29 is 9.53 Å². The largest absolute Gasteiger partial charge is 0.497 e. The molecule has 2 heterocycles. The summed E-state index contributed by atoms with van der Waals surface area (Å²) in [5.41, 5.74) is 5.83. The van der Waals surface area contributed by atoms with E-state index >= 15 is 0 Å². The lowest BCUT2D eigenvalue weighted by atomic mass is 9.96. The molecule has 5 aromatic rings. The summed E-state index contributed by atoms with van der Waals surface area (Å²) in [7, 11) is 1.65. The minimum absolute atomic E-state index is 0.162. The quantitative estimate of drug-likeness (QED) is 0.284. The second kappa shape index (κ2) is 9.18. The van der Waals surface area contributed by atoms with Crippen LogP contribution in [0.4, 0.5) is 5.69 Å². The number of benzene rings is 3. The zero-order valence-corrected chi connectivity index (χ0v) is 18.9. The molecule has 3 aromatic carbocycles. The average molecular weight is 451 g/mol. The number of aromatic amines is 1. The number of anilines is 1. The topological polar surface area (TPSA) is 54.1 Å². The minimum atomic E-state index is -0.162. The number of carbonyl (C=O) groups is 1. The van der Waals surface area contributed by atoms with Crippen LogP contribution >= 0.6 is 11.3 Å². The second-order valence-electron chi connectivity index (χ2n) is 7.52. The number of ether oxygens (including phenoxy) is 1. The van der Waals surface area contributed by atoms with Crippen molar-refractivity contribution in [2.24, 2.45) is 0 Å². The van der Waals surface area contributed by atoms with Crippen LogP contribution in [-0.4, -0.2) is 18.0 Å². The van der Waals surface area contributed by atoms with E-state index in [1.807, 2.05) is 96.4 Å². The van der Waals surface area contributed by atoms with Gasteiger partial charge in [-0.25, -0.2) is 0 Å². The number of amides is 1. The highest BCUT2D eigenvalue weighted by atomic mass is 32.1. The number of hydrogen-bond donors (Lipinski definition) is 2. The molecule has 0 unspecified atom stereocenters. The Morgan fingerprint density at radius 3 is 2.12 bits per heavy atom. The third-order valence-electron chi connectivity index (χ3n) is 5.47. The molecule has 0 radical (unpaired) electrons. The first-order valence-electron chi connectivity index (χ1n) is 10.6. The molecule has 0 bridgehead atoms. The number of hydrogen-bond acceptors (Lipinski definition) is 3. The van der Waals surface area contributed by atoms with Crippen molar-refractivity contribution in [2.75, 3.05) is 12.4 Å². The lowest BCUT2D eigenvalue weighted by Crippen LogP contribution is -2.13. The lowest BCUT2D eigenvalue weighted by Gasteiger charge is -2.11. The SMILES string of the molecule is COc1ccc(-c2c(-c3cccs3)[nH]c(-c3ccccc3)c2C(=O)Nc2ccccc2)cc1. The van der Waals surface area contributed by atoms with Crippen LogP contribution in [0.15, 0.2) is 102 Å². The summed E-state index contributed by atoms with van der Waals surface area (Å²) in [5, 5.41) is 5.12. The first kappa shape index (κ1) is 20.8. The van der Waals surface area contributed by atoms with Crippen LogP contribution in [-0.2, 0) is 0 Å². The second-order valence-corrected chi connectivity index (χ2v) is 8.46. The van der Waals surface area contributed by atoms with Crippen LogP contribution in [0, 0.1) is 0 Å². The fourth-order valence-electron chi connectivity index (χ4n) is 3.92. The molecule has 5 heteroatoms. The molecule has 2 N–H and O–H groups in total. The maximum atomic E-state index is 13.8. The molecule has 0 atom stereocenters. The van der Waals surface area contributed by atoms with Crippen molar-refractivity contribution >= 4 is 22.9 Å². The Kier molecular flexibility index (Phi) is 5.79. The Hall–Kier alpha value is -4.09. The molecule has 0 aliphatic rings. The number of rotatable bonds is 6. The van der Waals surface area contributed by atoms with E-state index in [1.165, 1.54) is 0 Å². The number of carbonyl (C=O) groups excluding carboxylic acids is 1. The summed E-state index contributed by atoms with van der Waals surface area (Å²) in [6.07, 6.45) is 0. The van der Waals surface area contributed by atoms with Crippen LogP contribution in [0.25, 0.3) is 33.0 Å². The predicted molar refractivity (Wildman–Crippen MR) is 136 cm³/mol. The van der Waals surface area contributed by atoms with E-state index in [9.17, 15) is 4.79 Å². The molecule has 33 heavy (non-hydrogen) atoms. The van der Waals surface area contributed by atoms with Crippen molar-refractivity contribution in [3.05, 3.63) is 108 Å². The summed E-state index contributed by atoms with van der Waals surface area (Å²) in [4.78, 5) is 18.4. The highest BCUT2D eigenvalue weighted by Gasteiger charge is 2.26. The third-order valence-corrected chi connectivity index (χ3v) is 6.35. The third kappa shape index (κ3) is 4.19. The molecule has 0 fully saturated rings. The molecule has 0 aliphatic heterocycles. The Bertz CT molecular complexity index is 1360. The molecule has 0 aliphatic carbocycles. The molecule has 1 amide bonds. The molecular formula is C28H22N2O2S. The van der Waals surface area contributed by atoms with Gasteiger partial charge in [0.05, 0.1) is 28.9 Å². The van der Waals surface area contributed by atoms with E-state index in [0.717, 1.165) is 44.4 Å². The maximum absolute atomic E-state index is 13.8. The van der Waals surface area contributed by atoms with Crippen molar-refractivity contribution in [1.82, 2.24) is 4.98 Å². The van der Waals surface area contributed by atoms with Crippen molar-refractivity contribution in [3.8, 4) is 38.7 Å². The van der Waals surface area contributed by atoms with Gasteiger partial charge >= 0.3 is 0 Å². The Morgan fingerprint density at radius 2 is 1.48 bits per heavy atom. The number of nitrogens with one attached hydrogen (secondary N) is 2. The number of thiophene rings is 1. The van der Waals surface area contributed by atoms with Gasteiger partial charge in [0.25, 0.3) is 5.91 Å².